The highest BCUT2D eigenvalue weighted by Crippen LogP contribution is 2.07. The monoisotopic (exact) mass is 256 g/mol. The fourth-order valence-corrected chi connectivity index (χ4v) is 1.70. The molecule has 1 aromatic rings. The number of ether oxygens (including phenoxy) is 1. The minimum atomic E-state index is -0.251. The first-order chi connectivity index (χ1) is 8.25. The summed E-state index contributed by atoms with van der Waals surface area (Å²) in [4.78, 5) is 20.7. The van der Waals surface area contributed by atoms with Crippen molar-refractivity contribution in [2.75, 3.05) is 31.6 Å². The third-order valence-corrected chi connectivity index (χ3v) is 2.55. The quantitative estimate of drug-likeness (QED) is 0.825. The summed E-state index contributed by atoms with van der Waals surface area (Å²) in [7, 11) is 0. The second-order valence-electron chi connectivity index (χ2n) is 3.59. The predicted molar refractivity (Wildman–Crippen MR) is 63.1 cm³/mol. The summed E-state index contributed by atoms with van der Waals surface area (Å²) in [5.41, 5.74) is 0. The second kappa shape index (κ2) is 5.67. The first kappa shape index (κ1) is 11.9. The SMILES string of the molecule is O=C1OCCCN1CCNc1ccnc(Cl)n1. The van der Waals surface area contributed by atoms with Crippen LogP contribution in [0.5, 0.6) is 0 Å². The van der Waals surface area contributed by atoms with Crippen LogP contribution in [0.4, 0.5) is 10.6 Å². The number of carbonyl (C=O) groups excluding carboxylic acids is 1. The van der Waals surface area contributed by atoms with Gasteiger partial charge in [-0.2, -0.15) is 0 Å². The Labute approximate surface area is 104 Å². The Morgan fingerprint density at radius 1 is 1.59 bits per heavy atom. The molecule has 2 heterocycles. The molecule has 7 heteroatoms. The summed E-state index contributed by atoms with van der Waals surface area (Å²) in [6.07, 6.45) is 2.21. The van der Waals surface area contributed by atoms with Gasteiger partial charge < -0.3 is 15.0 Å². The van der Waals surface area contributed by atoms with Crippen LogP contribution in [0, 0.1) is 0 Å². The molecule has 0 radical (unpaired) electrons. The van der Waals surface area contributed by atoms with Crippen LogP contribution < -0.4 is 5.32 Å². The molecule has 0 atom stereocenters. The summed E-state index contributed by atoms with van der Waals surface area (Å²) >= 11 is 5.65. The van der Waals surface area contributed by atoms with Gasteiger partial charge in [-0.1, -0.05) is 0 Å². The van der Waals surface area contributed by atoms with Gasteiger partial charge in [0.2, 0.25) is 5.28 Å². The van der Waals surface area contributed by atoms with Gasteiger partial charge in [-0.3, -0.25) is 0 Å². The summed E-state index contributed by atoms with van der Waals surface area (Å²) in [6, 6.07) is 1.72. The van der Waals surface area contributed by atoms with Gasteiger partial charge in [0.1, 0.15) is 5.82 Å². The molecule has 6 nitrogen and oxygen atoms in total. The number of hydrogen-bond acceptors (Lipinski definition) is 5. The Hall–Kier alpha value is -1.56. The normalized spacial score (nSPS) is 15.6. The Bertz CT molecular complexity index is 402. The van der Waals surface area contributed by atoms with E-state index >= 15 is 0 Å². The number of hydrogen-bond donors (Lipinski definition) is 1. The number of rotatable bonds is 4. The molecule has 0 spiro atoms. The fourth-order valence-electron chi connectivity index (χ4n) is 1.55. The van der Waals surface area contributed by atoms with Crippen molar-refractivity contribution in [3.05, 3.63) is 17.5 Å². The number of cyclic esters (lactones) is 1. The average molecular weight is 257 g/mol. The molecule has 1 fully saturated rings. The van der Waals surface area contributed by atoms with E-state index in [1.54, 1.807) is 17.2 Å². The van der Waals surface area contributed by atoms with Crippen molar-refractivity contribution in [3.8, 4) is 0 Å². The molecule has 1 aliphatic rings. The van der Waals surface area contributed by atoms with E-state index in [4.69, 9.17) is 16.3 Å². The smallest absolute Gasteiger partial charge is 0.409 e. The second-order valence-corrected chi connectivity index (χ2v) is 3.93. The van der Waals surface area contributed by atoms with Crippen molar-refractivity contribution < 1.29 is 9.53 Å². The molecule has 0 aromatic carbocycles. The van der Waals surface area contributed by atoms with Crippen LogP contribution in [0.15, 0.2) is 12.3 Å². The zero-order valence-electron chi connectivity index (χ0n) is 9.23. The average Bonchev–Trinajstić information content (AvgIpc) is 2.32. The highest BCUT2D eigenvalue weighted by atomic mass is 35.5. The number of halogens is 1. The molecule has 1 aromatic heterocycles. The van der Waals surface area contributed by atoms with Crippen LogP contribution >= 0.6 is 11.6 Å². The molecule has 0 saturated carbocycles. The van der Waals surface area contributed by atoms with Crippen LogP contribution in [0.2, 0.25) is 5.28 Å². The third kappa shape index (κ3) is 3.45. The number of amides is 1. The number of aromatic nitrogens is 2. The lowest BCUT2D eigenvalue weighted by molar-refractivity contribution is 0.0746. The molecule has 92 valence electrons. The van der Waals surface area contributed by atoms with E-state index in [1.807, 2.05) is 0 Å². The van der Waals surface area contributed by atoms with E-state index in [0.717, 1.165) is 13.0 Å². The minimum absolute atomic E-state index is 0.201. The molecule has 0 bridgehead atoms. The van der Waals surface area contributed by atoms with Crippen molar-refractivity contribution in [3.63, 3.8) is 0 Å². The highest BCUT2D eigenvalue weighted by molar-refractivity contribution is 6.28. The van der Waals surface area contributed by atoms with Crippen molar-refractivity contribution in [1.82, 2.24) is 14.9 Å². The van der Waals surface area contributed by atoms with Gasteiger partial charge in [-0.15, -0.1) is 0 Å². The van der Waals surface area contributed by atoms with Crippen molar-refractivity contribution in [2.24, 2.45) is 0 Å². The van der Waals surface area contributed by atoms with E-state index in [0.29, 0.717) is 25.5 Å². The van der Waals surface area contributed by atoms with Crippen LogP contribution in [-0.4, -0.2) is 47.2 Å². The maximum Gasteiger partial charge on any atom is 0.409 e. The molecule has 0 unspecified atom stereocenters. The van der Waals surface area contributed by atoms with Crippen LogP contribution in [0.25, 0.3) is 0 Å². The van der Waals surface area contributed by atoms with E-state index in [9.17, 15) is 4.79 Å². The van der Waals surface area contributed by atoms with Gasteiger partial charge in [0.25, 0.3) is 0 Å². The lowest BCUT2D eigenvalue weighted by Crippen LogP contribution is -2.40. The maximum atomic E-state index is 11.3. The van der Waals surface area contributed by atoms with E-state index in [2.05, 4.69) is 15.3 Å². The Morgan fingerprint density at radius 2 is 2.47 bits per heavy atom. The molecule has 17 heavy (non-hydrogen) atoms. The molecule has 1 N–H and O–H groups in total. The Balaban J connectivity index is 1.77. The summed E-state index contributed by atoms with van der Waals surface area (Å²) in [5.74, 6) is 0.648. The molecular formula is C10H13ClN4O2. The van der Waals surface area contributed by atoms with Gasteiger partial charge >= 0.3 is 6.09 Å². The first-order valence-corrected chi connectivity index (χ1v) is 5.77. The molecule has 1 aliphatic heterocycles. The van der Waals surface area contributed by atoms with Gasteiger partial charge in [0.15, 0.2) is 0 Å². The summed E-state index contributed by atoms with van der Waals surface area (Å²) in [6.45, 7) is 2.44. The zero-order valence-corrected chi connectivity index (χ0v) is 9.98. The van der Waals surface area contributed by atoms with E-state index < -0.39 is 0 Å². The van der Waals surface area contributed by atoms with Gasteiger partial charge in [-0.05, 0) is 24.1 Å². The Kier molecular flexibility index (Phi) is 3.98. The number of anilines is 1. The summed E-state index contributed by atoms with van der Waals surface area (Å²) < 4.78 is 4.92. The largest absolute Gasteiger partial charge is 0.449 e. The molecule has 1 saturated heterocycles. The molecule has 0 aliphatic carbocycles. The topological polar surface area (TPSA) is 67.3 Å². The summed E-state index contributed by atoms with van der Waals surface area (Å²) in [5, 5.41) is 3.27. The zero-order chi connectivity index (χ0) is 12.1. The van der Waals surface area contributed by atoms with Gasteiger partial charge in [0, 0.05) is 25.8 Å². The number of nitrogens with zero attached hydrogens (tertiary/aromatic N) is 3. The van der Waals surface area contributed by atoms with E-state index in [-0.39, 0.29) is 11.4 Å². The number of carbonyl (C=O) groups is 1. The van der Waals surface area contributed by atoms with Crippen molar-refractivity contribution in [1.29, 1.82) is 0 Å². The number of nitrogens with one attached hydrogen (secondary N) is 1. The molecule has 2 rings (SSSR count). The highest BCUT2D eigenvalue weighted by Gasteiger charge is 2.18. The Morgan fingerprint density at radius 3 is 3.24 bits per heavy atom. The maximum absolute atomic E-state index is 11.3. The lowest BCUT2D eigenvalue weighted by atomic mass is 10.3. The standard InChI is InChI=1S/C10H13ClN4O2/c11-9-13-3-2-8(14-9)12-4-6-15-5-1-7-17-10(15)16/h2-3H,1,4-7H2,(H,12,13,14). The van der Waals surface area contributed by atoms with Crippen molar-refractivity contribution >= 4 is 23.5 Å². The third-order valence-electron chi connectivity index (χ3n) is 2.37. The van der Waals surface area contributed by atoms with Gasteiger partial charge in [0.05, 0.1) is 6.61 Å². The predicted octanol–water partition coefficient (Wildman–Crippen LogP) is 1.38. The van der Waals surface area contributed by atoms with Crippen LogP contribution in [-0.2, 0) is 4.74 Å². The first-order valence-electron chi connectivity index (χ1n) is 5.40. The van der Waals surface area contributed by atoms with E-state index in [1.165, 1.54) is 0 Å². The van der Waals surface area contributed by atoms with Crippen molar-refractivity contribution in [2.45, 2.75) is 6.42 Å². The fraction of sp³-hybridized carbons (Fsp3) is 0.500. The molecule has 1 amide bonds. The van der Waals surface area contributed by atoms with Crippen LogP contribution in [0.1, 0.15) is 6.42 Å². The lowest BCUT2D eigenvalue weighted by Gasteiger charge is -2.26. The minimum Gasteiger partial charge on any atom is -0.449 e. The molecular weight excluding hydrogens is 244 g/mol. The van der Waals surface area contributed by atoms with Gasteiger partial charge in [-0.25, -0.2) is 14.8 Å². The van der Waals surface area contributed by atoms with Crippen LogP contribution in [0.3, 0.4) is 0 Å².